The highest BCUT2D eigenvalue weighted by atomic mass is 16.4. The Hall–Kier alpha value is -2.58. The summed E-state index contributed by atoms with van der Waals surface area (Å²) in [6.45, 7) is 2.79. The minimum Gasteiger partial charge on any atom is -0.481 e. The largest absolute Gasteiger partial charge is 0.481 e. The lowest BCUT2D eigenvalue weighted by molar-refractivity contribution is -0.137. The van der Waals surface area contributed by atoms with Gasteiger partial charge in [0, 0.05) is 33.6 Å². The zero-order chi connectivity index (χ0) is 16.4. The van der Waals surface area contributed by atoms with Crippen molar-refractivity contribution in [3.8, 4) is 0 Å². The van der Waals surface area contributed by atoms with Crippen molar-refractivity contribution in [2.75, 3.05) is 11.9 Å². The van der Waals surface area contributed by atoms with E-state index in [-0.39, 0.29) is 6.42 Å². The summed E-state index contributed by atoms with van der Waals surface area (Å²) in [7, 11) is 2.99. The Morgan fingerprint density at radius 2 is 1.95 bits per heavy atom. The highest BCUT2D eigenvalue weighted by molar-refractivity contribution is 5.74. The van der Waals surface area contributed by atoms with Crippen LogP contribution in [-0.4, -0.2) is 36.3 Å². The van der Waals surface area contributed by atoms with Crippen LogP contribution in [0.15, 0.2) is 9.59 Å². The third-order valence-electron chi connectivity index (χ3n) is 3.51. The summed E-state index contributed by atoms with van der Waals surface area (Å²) in [5.41, 5.74) is -0.162. The topological polar surface area (TPSA) is 111 Å². The maximum absolute atomic E-state index is 12.3. The van der Waals surface area contributed by atoms with Gasteiger partial charge in [-0.1, -0.05) is 0 Å². The van der Waals surface area contributed by atoms with Crippen LogP contribution in [0.4, 0.5) is 5.95 Å². The first kappa shape index (κ1) is 15.8. The molecule has 120 valence electrons. The molecule has 2 rings (SSSR count). The fourth-order valence-electron chi connectivity index (χ4n) is 2.33. The number of rotatable bonds is 6. The lowest BCUT2D eigenvalue weighted by Gasteiger charge is -2.08. The van der Waals surface area contributed by atoms with Crippen LogP contribution in [0.1, 0.15) is 19.8 Å². The summed E-state index contributed by atoms with van der Waals surface area (Å²) in [5, 5.41) is 11.7. The SMILES string of the molecule is CCn1c(NCCCC(=O)O)nc2c1c(=O)n(C)c(=O)n2C. The first-order chi connectivity index (χ1) is 10.4. The first-order valence-electron chi connectivity index (χ1n) is 7.00. The Labute approximate surface area is 125 Å². The molecule has 0 amide bonds. The van der Waals surface area contributed by atoms with E-state index >= 15 is 0 Å². The second-order valence-electron chi connectivity index (χ2n) is 4.98. The van der Waals surface area contributed by atoms with Gasteiger partial charge in [0.05, 0.1) is 0 Å². The molecule has 0 bridgehead atoms. The van der Waals surface area contributed by atoms with Gasteiger partial charge >= 0.3 is 11.7 Å². The summed E-state index contributed by atoms with van der Waals surface area (Å²) < 4.78 is 4.06. The van der Waals surface area contributed by atoms with Crippen molar-refractivity contribution in [2.45, 2.75) is 26.3 Å². The number of anilines is 1. The van der Waals surface area contributed by atoms with Gasteiger partial charge in [-0.2, -0.15) is 4.98 Å². The number of aliphatic carboxylic acids is 1. The number of hydrogen-bond donors (Lipinski definition) is 2. The normalized spacial score (nSPS) is 11.0. The van der Waals surface area contributed by atoms with Gasteiger partial charge < -0.3 is 15.0 Å². The smallest absolute Gasteiger partial charge is 0.332 e. The van der Waals surface area contributed by atoms with Gasteiger partial charge in [0.2, 0.25) is 5.95 Å². The number of carboxylic acid groups (broad SMARTS) is 1. The average molecular weight is 309 g/mol. The monoisotopic (exact) mass is 309 g/mol. The van der Waals surface area contributed by atoms with E-state index in [9.17, 15) is 14.4 Å². The maximum atomic E-state index is 12.3. The van der Waals surface area contributed by atoms with Crippen molar-refractivity contribution in [1.82, 2.24) is 18.7 Å². The second-order valence-corrected chi connectivity index (χ2v) is 4.98. The van der Waals surface area contributed by atoms with Crippen molar-refractivity contribution >= 4 is 23.1 Å². The molecule has 2 aromatic rings. The Morgan fingerprint density at radius 1 is 1.27 bits per heavy atom. The molecule has 2 aromatic heterocycles. The highest BCUT2D eigenvalue weighted by Crippen LogP contribution is 2.15. The molecule has 0 fully saturated rings. The molecule has 0 unspecified atom stereocenters. The quantitative estimate of drug-likeness (QED) is 0.711. The van der Waals surface area contributed by atoms with Crippen molar-refractivity contribution in [3.63, 3.8) is 0 Å². The maximum Gasteiger partial charge on any atom is 0.332 e. The number of imidazole rings is 1. The number of carboxylic acids is 1. The van der Waals surface area contributed by atoms with E-state index in [0.717, 1.165) is 4.57 Å². The van der Waals surface area contributed by atoms with Crippen molar-refractivity contribution in [1.29, 1.82) is 0 Å². The van der Waals surface area contributed by atoms with E-state index in [1.807, 2.05) is 6.92 Å². The predicted octanol–water partition coefficient (Wildman–Crippen LogP) is -0.270. The van der Waals surface area contributed by atoms with Crippen LogP contribution in [0.5, 0.6) is 0 Å². The minimum atomic E-state index is -0.859. The molecule has 0 aromatic carbocycles. The van der Waals surface area contributed by atoms with Crippen LogP contribution in [0.2, 0.25) is 0 Å². The standard InChI is InChI=1S/C13H19N5O4/c1-4-18-9-10(16(2)13(22)17(3)11(9)21)15-12(18)14-7-5-6-8(19)20/h4-7H2,1-3H3,(H,14,15)(H,19,20). The number of aryl methyl sites for hydroxylation is 2. The number of carbonyl (C=O) groups is 1. The molecule has 22 heavy (non-hydrogen) atoms. The Balaban J connectivity index is 2.46. The van der Waals surface area contributed by atoms with Crippen LogP contribution < -0.4 is 16.6 Å². The fraction of sp³-hybridized carbons (Fsp3) is 0.538. The van der Waals surface area contributed by atoms with E-state index in [2.05, 4.69) is 10.3 Å². The Bertz CT molecular complexity index is 830. The molecule has 0 saturated carbocycles. The third-order valence-corrected chi connectivity index (χ3v) is 3.51. The van der Waals surface area contributed by atoms with E-state index in [1.54, 1.807) is 11.6 Å². The van der Waals surface area contributed by atoms with Crippen molar-refractivity contribution in [2.24, 2.45) is 14.1 Å². The van der Waals surface area contributed by atoms with Gasteiger partial charge in [0.25, 0.3) is 5.56 Å². The van der Waals surface area contributed by atoms with E-state index in [1.165, 1.54) is 11.6 Å². The second kappa shape index (κ2) is 6.04. The highest BCUT2D eigenvalue weighted by Gasteiger charge is 2.17. The zero-order valence-corrected chi connectivity index (χ0v) is 12.8. The Morgan fingerprint density at radius 3 is 2.55 bits per heavy atom. The first-order valence-corrected chi connectivity index (χ1v) is 7.00. The van der Waals surface area contributed by atoms with Crippen molar-refractivity contribution in [3.05, 3.63) is 20.8 Å². The third kappa shape index (κ3) is 2.61. The summed E-state index contributed by atoms with van der Waals surface area (Å²) in [6.07, 6.45) is 0.499. The van der Waals surface area contributed by atoms with Crippen molar-refractivity contribution < 1.29 is 9.90 Å². The molecule has 2 N–H and O–H groups in total. The number of hydrogen-bond acceptors (Lipinski definition) is 5. The van der Waals surface area contributed by atoms with Crippen LogP contribution in [-0.2, 0) is 25.4 Å². The minimum absolute atomic E-state index is 0.0552. The zero-order valence-electron chi connectivity index (χ0n) is 12.8. The van der Waals surface area contributed by atoms with E-state index in [0.29, 0.717) is 36.6 Å². The lowest BCUT2D eigenvalue weighted by Crippen LogP contribution is -2.37. The molecule has 9 nitrogen and oxygen atoms in total. The predicted molar refractivity (Wildman–Crippen MR) is 81.2 cm³/mol. The molecule has 9 heteroatoms. The summed E-state index contributed by atoms with van der Waals surface area (Å²) in [5.74, 6) is -0.400. The van der Waals surface area contributed by atoms with Gasteiger partial charge in [0.1, 0.15) is 0 Å². The number of fused-ring (bicyclic) bond motifs is 1. The molecule has 0 saturated heterocycles. The molecule has 0 aliphatic heterocycles. The van der Waals surface area contributed by atoms with Gasteiger partial charge in [-0.15, -0.1) is 0 Å². The van der Waals surface area contributed by atoms with Crippen LogP contribution in [0.3, 0.4) is 0 Å². The van der Waals surface area contributed by atoms with Gasteiger partial charge in [-0.3, -0.25) is 18.7 Å². The molecule has 0 aliphatic rings. The number of aromatic nitrogens is 4. The summed E-state index contributed by atoms with van der Waals surface area (Å²) in [6, 6.07) is 0. The molecular formula is C13H19N5O4. The van der Waals surface area contributed by atoms with E-state index in [4.69, 9.17) is 5.11 Å². The Kier molecular flexibility index (Phi) is 4.34. The summed E-state index contributed by atoms with van der Waals surface area (Å²) in [4.78, 5) is 39.1. The molecule has 2 heterocycles. The van der Waals surface area contributed by atoms with Gasteiger partial charge in [-0.25, -0.2) is 4.79 Å². The van der Waals surface area contributed by atoms with E-state index < -0.39 is 17.2 Å². The van der Waals surface area contributed by atoms with Crippen LogP contribution >= 0.6 is 0 Å². The van der Waals surface area contributed by atoms with Gasteiger partial charge in [-0.05, 0) is 13.3 Å². The molecule has 0 spiro atoms. The molecule has 0 atom stereocenters. The fourth-order valence-corrected chi connectivity index (χ4v) is 2.33. The lowest BCUT2D eigenvalue weighted by atomic mass is 10.3. The average Bonchev–Trinajstić information content (AvgIpc) is 2.85. The molecule has 0 radical (unpaired) electrons. The summed E-state index contributed by atoms with van der Waals surface area (Å²) >= 11 is 0. The number of nitrogens with zero attached hydrogens (tertiary/aromatic N) is 4. The van der Waals surface area contributed by atoms with Gasteiger partial charge in [0.15, 0.2) is 11.2 Å². The van der Waals surface area contributed by atoms with Crippen LogP contribution in [0, 0.1) is 0 Å². The van der Waals surface area contributed by atoms with Crippen LogP contribution in [0.25, 0.3) is 11.2 Å². The molecular weight excluding hydrogens is 290 g/mol. The number of nitrogens with one attached hydrogen (secondary N) is 1. The molecule has 0 aliphatic carbocycles.